The number of anilines is 1. The second kappa shape index (κ2) is 8.40. The van der Waals surface area contributed by atoms with Gasteiger partial charge < -0.3 is 15.1 Å². The molecule has 3 aromatic rings. The van der Waals surface area contributed by atoms with Crippen molar-refractivity contribution in [2.45, 2.75) is 70.1 Å². The Morgan fingerprint density at radius 2 is 1.97 bits per heavy atom. The van der Waals surface area contributed by atoms with E-state index < -0.39 is 8.32 Å². The summed E-state index contributed by atoms with van der Waals surface area (Å²) in [6, 6.07) is 3.59. The maximum atomic E-state index is 13.2. The summed E-state index contributed by atoms with van der Waals surface area (Å²) in [5.41, 5.74) is 7.71. The van der Waals surface area contributed by atoms with E-state index in [0.717, 1.165) is 43.1 Å². The Bertz CT molecular complexity index is 1130. The van der Waals surface area contributed by atoms with E-state index in [0.29, 0.717) is 28.9 Å². The number of aromatic nitrogens is 4. The monoisotopic (exact) mass is 451 g/mol. The number of nitrogens with two attached hydrogens (primary N) is 1. The molecule has 0 atom stereocenters. The highest BCUT2D eigenvalue weighted by Crippen LogP contribution is 2.46. The van der Waals surface area contributed by atoms with Crippen LogP contribution in [-0.4, -0.2) is 38.4 Å². The van der Waals surface area contributed by atoms with Gasteiger partial charge in [0.05, 0.1) is 5.56 Å². The number of nitrogens with zero attached hydrogens (tertiary/aromatic N) is 4. The van der Waals surface area contributed by atoms with Crippen LogP contribution in [0.25, 0.3) is 11.0 Å². The highest BCUT2D eigenvalue weighted by atomic mass is 28.4. The van der Waals surface area contributed by atoms with Crippen LogP contribution >= 0.6 is 0 Å². The van der Waals surface area contributed by atoms with Crippen molar-refractivity contribution in [3.63, 3.8) is 0 Å². The molecule has 0 unspecified atom stereocenters. The molecule has 1 aliphatic rings. The molecule has 0 radical (unpaired) electrons. The number of pyridine rings is 1. The summed E-state index contributed by atoms with van der Waals surface area (Å²) in [7, 11) is -2.20. The third-order valence-corrected chi connectivity index (χ3v) is 11.0. The van der Waals surface area contributed by atoms with E-state index in [2.05, 4.69) is 33.4 Å². The number of ketones is 1. The molecule has 0 amide bonds. The third-order valence-electron chi connectivity index (χ3n) is 7.45. The van der Waals surface area contributed by atoms with E-state index in [1.165, 1.54) is 0 Å². The van der Waals surface area contributed by atoms with Crippen molar-refractivity contribution in [2.75, 3.05) is 5.73 Å². The summed E-state index contributed by atoms with van der Waals surface area (Å²) < 4.78 is 2.17. The quantitative estimate of drug-likeness (QED) is 0.414. The van der Waals surface area contributed by atoms with Gasteiger partial charge in [-0.05, 0) is 68.3 Å². The van der Waals surface area contributed by atoms with Gasteiger partial charge in [-0.3, -0.25) is 4.79 Å². The number of carbonyl (C=O) groups is 1. The molecule has 170 valence electrons. The largest absolute Gasteiger partial charge is 0.432 e. The number of rotatable bonds is 6. The van der Waals surface area contributed by atoms with Crippen LogP contribution in [0, 0.1) is 5.92 Å². The van der Waals surface area contributed by atoms with Crippen molar-refractivity contribution >= 4 is 31.0 Å². The lowest BCUT2D eigenvalue weighted by Gasteiger charge is -2.40. The molecule has 0 aromatic carbocycles. The van der Waals surface area contributed by atoms with E-state index >= 15 is 0 Å². The van der Waals surface area contributed by atoms with Crippen molar-refractivity contribution in [3.05, 3.63) is 48.2 Å². The molecule has 3 aromatic heterocycles. The highest BCUT2D eigenvalue weighted by molar-refractivity contribution is 6.72. The molecular weight excluding hydrogens is 418 g/mol. The smallest absolute Gasteiger partial charge is 0.195 e. The van der Waals surface area contributed by atoms with Crippen LogP contribution in [-0.2, 0) is 0 Å². The number of hydrogen-bond acceptors (Lipinski definition) is 6. The number of carbonyl (C=O) groups excluding carboxylic acids is 1. The van der Waals surface area contributed by atoms with Crippen LogP contribution in [0.15, 0.2) is 37.1 Å². The fourth-order valence-corrected chi connectivity index (χ4v) is 5.58. The van der Waals surface area contributed by atoms with Gasteiger partial charge in [0.15, 0.2) is 14.1 Å². The van der Waals surface area contributed by atoms with Crippen LogP contribution in [0.2, 0.25) is 18.1 Å². The van der Waals surface area contributed by atoms with Crippen LogP contribution in [0.3, 0.4) is 0 Å². The summed E-state index contributed by atoms with van der Waals surface area (Å²) in [6.45, 7) is 8.51. The Kier molecular flexibility index (Phi) is 5.94. The number of nitrogen functional groups attached to an aromatic ring is 1. The first-order valence-corrected chi connectivity index (χ1v) is 14.3. The number of fused-ring (bicyclic) bond motifs is 1. The molecule has 0 saturated heterocycles. The van der Waals surface area contributed by atoms with E-state index in [1.54, 1.807) is 30.9 Å². The maximum Gasteiger partial charge on any atom is 0.195 e. The Morgan fingerprint density at radius 3 is 2.62 bits per heavy atom. The number of hydrogen-bond donors (Lipinski definition) is 2. The van der Waals surface area contributed by atoms with Crippen LogP contribution in [0.1, 0.15) is 67.9 Å². The van der Waals surface area contributed by atoms with Crippen LogP contribution < -0.4 is 5.73 Å². The predicted molar refractivity (Wildman–Crippen MR) is 129 cm³/mol. The van der Waals surface area contributed by atoms with Gasteiger partial charge in [0.25, 0.3) is 0 Å². The molecule has 7 nitrogen and oxygen atoms in total. The lowest BCUT2D eigenvalue weighted by molar-refractivity contribution is 0.103. The van der Waals surface area contributed by atoms with Gasteiger partial charge >= 0.3 is 0 Å². The van der Waals surface area contributed by atoms with Crippen molar-refractivity contribution < 1.29 is 9.59 Å². The Hall–Kier alpha value is -2.58. The third kappa shape index (κ3) is 4.34. The van der Waals surface area contributed by atoms with Gasteiger partial charge in [-0.1, -0.05) is 13.8 Å². The molecule has 0 aliphatic heterocycles. The van der Waals surface area contributed by atoms with Crippen molar-refractivity contribution in [1.82, 2.24) is 19.5 Å². The summed E-state index contributed by atoms with van der Waals surface area (Å²) >= 11 is 0. The first kappa shape index (κ1) is 22.6. The zero-order valence-corrected chi connectivity index (χ0v) is 20.4. The molecular formula is C24H33N5O2Si. The fraction of sp³-hybridized carbons (Fsp3) is 0.500. The minimum atomic E-state index is -2.20. The zero-order chi connectivity index (χ0) is 23.1. The summed E-state index contributed by atoms with van der Waals surface area (Å²) in [4.78, 5) is 36.6. The molecule has 1 fully saturated rings. The molecule has 3 heterocycles. The second-order valence-corrected chi connectivity index (χ2v) is 14.8. The molecule has 0 spiro atoms. The first-order chi connectivity index (χ1) is 15.1. The topological polar surface area (TPSA) is 107 Å². The molecule has 8 heteroatoms. The van der Waals surface area contributed by atoms with E-state index in [9.17, 15) is 9.59 Å². The zero-order valence-electron chi connectivity index (χ0n) is 19.4. The predicted octanol–water partition coefficient (Wildman–Crippen LogP) is 4.74. The normalized spacial score (nSPS) is 19.9. The molecule has 3 N–H and O–H groups in total. The van der Waals surface area contributed by atoms with Crippen molar-refractivity contribution in [1.29, 1.82) is 0 Å². The van der Waals surface area contributed by atoms with Crippen molar-refractivity contribution in [2.24, 2.45) is 5.92 Å². The highest BCUT2D eigenvalue weighted by Gasteiger charge is 2.40. The average Bonchev–Trinajstić information content (AvgIpc) is 3.12. The summed E-state index contributed by atoms with van der Waals surface area (Å²) in [5.74, 6) is 0.854. The summed E-state index contributed by atoms with van der Waals surface area (Å²) in [6.07, 6.45) is 12.1. The lowest BCUT2D eigenvalue weighted by Crippen LogP contribution is -2.40. The van der Waals surface area contributed by atoms with Gasteiger partial charge in [0.1, 0.15) is 17.8 Å². The Morgan fingerprint density at radius 1 is 1.25 bits per heavy atom. The van der Waals surface area contributed by atoms with Gasteiger partial charge in [0.2, 0.25) is 0 Å². The fourth-order valence-electron chi connectivity index (χ4n) is 4.79. The minimum absolute atomic E-state index is 0.00382. The molecule has 32 heavy (non-hydrogen) atoms. The van der Waals surface area contributed by atoms with Gasteiger partial charge in [-0.15, -0.1) is 0 Å². The first-order valence-electron chi connectivity index (χ1n) is 11.4. The standard InChI is InChI=1S/C24H33N5O2Si/c1-24(2,32(3,4)31)12-16-5-7-18(8-6-16)29-14-20(19-13-26-15-28-23(19)29)22(30)17-9-10-27-21(25)11-17/h9-11,13-16,18,31H,5-8,12H2,1-4H3,(H2,25,27)/t16-,18+. The molecule has 1 aliphatic carbocycles. The maximum absolute atomic E-state index is 13.2. The average molecular weight is 452 g/mol. The van der Waals surface area contributed by atoms with Crippen molar-refractivity contribution in [3.8, 4) is 0 Å². The SMILES string of the molecule is CC(C)(C[C@H]1CC[C@@H](n2cc(C(=O)c3ccnc(N)c3)c3cncnc32)CC1)[Si](C)(C)O. The van der Waals surface area contributed by atoms with Gasteiger partial charge in [-0.25, -0.2) is 15.0 Å². The van der Waals surface area contributed by atoms with E-state index in [-0.39, 0.29) is 10.8 Å². The van der Waals surface area contributed by atoms with E-state index in [4.69, 9.17) is 5.73 Å². The minimum Gasteiger partial charge on any atom is -0.432 e. The van der Waals surface area contributed by atoms with Crippen LogP contribution in [0.4, 0.5) is 5.82 Å². The molecule has 1 saturated carbocycles. The van der Waals surface area contributed by atoms with Gasteiger partial charge in [-0.2, -0.15) is 0 Å². The van der Waals surface area contributed by atoms with Crippen LogP contribution in [0.5, 0.6) is 0 Å². The lowest BCUT2D eigenvalue weighted by atomic mass is 9.81. The molecule has 4 rings (SSSR count). The van der Waals surface area contributed by atoms with Gasteiger partial charge in [0, 0.05) is 35.6 Å². The Labute approximate surface area is 190 Å². The Balaban J connectivity index is 1.57. The van der Waals surface area contributed by atoms with E-state index in [1.807, 2.05) is 19.3 Å². The molecule has 0 bridgehead atoms. The second-order valence-electron chi connectivity index (χ2n) is 10.3. The summed E-state index contributed by atoms with van der Waals surface area (Å²) in [5, 5.41) is 0.772.